The molecule has 10 heteroatoms. The van der Waals surface area contributed by atoms with E-state index in [1.54, 1.807) is 0 Å². The highest BCUT2D eigenvalue weighted by Gasteiger charge is 2.27. The first-order valence-electron chi connectivity index (χ1n) is 5.55. The minimum Gasteiger partial charge on any atom is -0.480 e. The number of hydrogen-bond donors (Lipinski definition) is 4. The summed E-state index contributed by atoms with van der Waals surface area (Å²) in [5.41, 5.74) is 0.487. The molecule has 1 amide bonds. The molecule has 0 bridgehead atoms. The van der Waals surface area contributed by atoms with Gasteiger partial charge in [0.05, 0.1) is 19.4 Å². The molecule has 1 unspecified atom stereocenters. The molecule has 20 heavy (non-hydrogen) atoms. The fourth-order valence-corrected chi connectivity index (χ4v) is 1.38. The van der Waals surface area contributed by atoms with Gasteiger partial charge in [-0.25, -0.2) is 9.78 Å². The average molecular weight is 294 g/mol. The van der Waals surface area contributed by atoms with Crippen LogP contribution in [0.3, 0.4) is 0 Å². The van der Waals surface area contributed by atoms with E-state index in [0.29, 0.717) is 5.69 Å². The second-order valence-corrected chi connectivity index (χ2v) is 3.96. The van der Waals surface area contributed by atoms with Crippen molar-refractivity contribution in [1.82, 2.24) is 20.6 Å². The van der Waals surface area contributed by atoms with Crippen LogP contribution in [0.5, 0.6) is 0 Å². The minimum atomic E-state index is -4.43. The molecule has 0 aliphatic heterocycles. The van der Waals surface area contributed by atoms with Crippen molar-refractivity contribution >= 4 is 11.9 Å². The van der Waals surface area contributed by atoms with E-state index >= 15 is 0 Å². The Morgan fingerprint density at radius 2 is 2.15 bits per heavy atom. The molecule has 0 saturated heterocycles. The lowest BCUT2D eigenvalue weighted by molar-refractivity contribution is -0.142. The van der Waals surface area contributed by atoms with Crippen LogP contribution in [-0.2, 0) is 16.0 Å². The van der Waals surface area contributed by atoms with Crippen LogP contribution < -0.4 is 10.6 Å². The van der Waals surface area contributed by atoms with Crippen molar-refractivity contribution in [2.75, 3.05) is 13.1 Å². The van der Waals surface area contributed by atoms with Gasteiger partial charge in [0.15, 0.2) is 0 Å². The molecule has 0 aromatic carbocycles. The van der Waals surface area contributed by atoms with E-state index in [9.17, 15) is 22.8 Å². The summed E-state index contributed by atoms with van der Waals surface area (Å²) in [5, 5.41) is 12.9. The van der Waals surface area contributed by atoms with Gasteiger partial charge in [-0.1, -0.05) is 0 Å². The number of aromatic nitrogens is 2. The summed E-state index contributed by atoms with van der Waals surface area (Å²) in [6, 6.07) is -1.24. The Morgan fingerprint density at radius 3 is 2.65 bits per heavy atom. The van der Waals surface area contributed by atoms with Gasteiger partial charge in [0, 0.05) is 18.3 Å². The van der Waals surface area contributed by atoms with Crippen molar-refractivity contribution in [3.05, 3.63) is 18.2 Å². The molecule has 4 N–H and O–H groups in total. The first-order chi connectivity index (χ1) is 9.28. The number of imidazole rings is 1. The highest BCUT2D eigenvalue weighted by Crippen LogP contribution is 2.11. The lowest BCUT2D eigenvalue weighted by Crippen LogP contribution is -2.46. The van der Waals surface area contributed by atoms with Crippen LogP contribution in [0.2, 0.25) is 0 Å². The summed E-state index contributed by atoms with van der Waals surface area (Å²) >= 11 is 0. The smallest absolute Gasteiger partial charge is 0.401 e. The van der Waals surface area contributed by atoms with Gasteiger partial charge in [0.25, 0.3) is 0 Å². The number of nitrogens with zero attached hydrogens (tertiary/aromatic N) is 1. The normalized spacial score (nSPS) is 12.9. The van der Waals surface area contributed by atoms with Crippen LogP contribution in [0.15, 0.2) is 12.5 Å². The third-order valence-electron chi connectivity index (χ3n) is 2.22. The molecule has 1 heterocycles. The number of H-pyrrole nitrogens is 1. The SMILES string of the molecule is O=C(CNCC(F)(F)F)NC(Cc1cnc[nH]1)C(=O)O. The van der Waals surface area contributed by atoms with E-state index in [-0.39, 0.29) is 6.42 Å². The molecule has 0 aliphatic rings. The predicted octanol–water partition coefficient (Wildman–Crippen LogP) is -0.327. The molecule has 0 fully saturated rings. The van der Waals surface area contributed by atoms with Crippen LogP contribution >= 0.6 is 0 Å². The quantitative estimate of drug-likeness (QED) is 0.551. The molecule has 0 aliphatic carbocycles. The second-order valence-electron chi connectivity index (χ2n) is 3.96. The standard InChI is InChI=1S/C10H13F3N4O3/c11-10(12,13)4-14-3-8(18)17-7(9(19)20)1-6-2-15-5-16-6/h2,5,7,14H,1,3-4H2,(H,15,16)(H,17,18)(H,19,20). The maximum absolute atomic E-state index is 11.8. The average Bonchev–Trinajstić information content (AvgIpc) is 2.79. The van der Waals surface area contributed by atoms with Gasteiger partial charge >= 0.3 is 12.1 Å². The maximum atomic E-state index is 11.8. The van der Waals surface area contributed by atoms with E-state index in [1.165, 1.54) is 12.5 Å². The molecule has 7 nitrogen and oxygen atoms in total. The molecule has 0 spiro atoms. The molecule has 1 aromatic heterocycles. The van der Waals surface area contributed by atoms with E-state index in [1.807, 2.05) is 5.32 Å². The number of carboxylic acids is 1. The van der Waals surface area contributed by atoms with Crippen LogP contribution in [0.25, 0.3) is 0 Å². The number of halogens is 3. The van der Waals surface area contributed by atoms with Gasteiger partial charge in [0.1, 0.15) is 6.04 Å². The summed E-state index contributed by atoms with van der Waals surface area (Å²) in [7, 11) is 0. The van der Waals surface area contributed by atoms with Gasteiger partial charge in [-0.3, -0.25) is 4.79 Å². The molecule has 0 saturated carbocycles. The number of hydrogen-bond acceptors (Lipinski definition) is 4. The monoisotopic (exact) mass is 294 g/mol. The van der Waals surface area contributed by atoms with Crippen LogP contribution in [0.1, 0.15) is 5.69 Å². The van der Waals surface area contributed by atoms with Crippen LogP contribution in [0, 0.1) is 0 Å². The van der Waals surface area contributed by atoms with Crippen LogP contribution in [0.4, 0.5) is 13.2 Å². The van der Waals surface area contributed by atoms with Gasteiger partial charge in [0.2, 0.25) is 5.91 Å². The molecule has 1 atom stereocenters. The number of rotatable bonds is 7. The van der Waals surface area contributed by atoms with Crippen molar-refractivity contribution in [3.63, 3.8) is 0 Å². The number of nitrogens with one attached hydrogen (secondary N) is 3. The second kappa shape index (κ2) is 6.89. The van der Waals surface area contributed by atoms with Crippen LogP contribution in [-0.4, -0.2) is 52.3 Å². The number of aromatic amines is 1. The topological polar surface area (TPSA) is 107 Å². The summed E-state index contributed by atoms with van der Waals surface area (Å²) in [4.78, 5) is 28.6. The maximum Gasteiger partial charge on any atom is 0.401 e. The fraction of sp³-hybridized carbons (Fsp3) is 0.500. The lowest BCUT2D eigenvalue weighted by Gasteiger charge is -2.14. The van der Waals surface area contributed by atoms with E-state index in [0.717, 1.165) is 0 Å². The molecule has 0 radical (unpaired) electrons. The van der Waals surface area contributed by atoms with E-state index in [4.69, 9.17) is 5.11 Å². The predicted molar refractivity (Wildman–Crippen MR) is 60.8 cm³/mol. The molecule has 1 rings (SSSR count). The minimum absolute atomic E-state index is 0.0413. The van der Waals surface area contributed by atoms with Crippen molar-refractivity contribution in [2.45, 2.75) is 18.6 Å². The number of aliphatic carboxylic acids is 1. The third kappa shape index (κ3) is 6.18. The summed E-state index contributed by atoms with van der Waals surface area (Å²) in [6.45, 7) is -1.94. The third-order valence-corrected chi connectivity index (χ3v) is 2.22. The number of carbonyl (C=O) groups is 2. The van der Waals surface area contributed by atoms with E-state index < -0.39 is 37.2 Å². The fourth-order valence-electron chi connectivity index (χ4n) is 1.38. The van der Waals surface area contributed by atoms with Crippen molar-refractivity contribution in [2.24, 2.45) is 0 Å². The number of carbonyl (C=O) groups excluding carboxylic acids is 1. The lowest BCUT2D eigenvalue weighted by atomic mass is 10.1. The Bertz CT molecular complexity index is 447. The first-order valence-corrected chi connectivity index (χ1v) is 5.55. The summed E-state index contributed by atoms with van der Waals surface area (Å²) < 4.78 is 35.5. The largest absolute Gasteiger partial charge is 0.480 e. The summed E-state index contributed by atoms with van der Waals surface area (Å²) in [6.07, 6.45) is -1.73. The molecule has 112 valence electrons. The Morgan fingerprint density at radius 1 is 1.45 bits per heavy atom. The first kappa shape index (κ1) is 16.0. The summed E-state index contributed by atoms with van der Waals surface area (Å²) in [5.74, 6) is -2.12. The Labute approximate surface area is 111 Å². The van der Waals surface area contributed by atoms with Gasteiger partial charge in [-0.2, -0.15) is 13.2 Å². The number of alkyl halides is 3. The van der Waals surface area contributed by atoms with E-state index in [2.05, 4.69) is 15.3 Å². The number of amides is 1. The van der Waals surface area contributed by atoms with Gasteiger partial charge in [-0.05, 0) is 0 Å². The zero-order chi connectivity index (χ0) is 15.2. The molecule has 1 aromatic rings. The number of carboxylic acid groups (broad SMARTS) is 1. The Kier molecular flexibility index (Phi) is 5.50. The Hall–Kier alpha value is -2.10. The zero-order valence-corrected chi connectivity index (χ0v) is 10.2. The van der Waals surface area contributed by atoms with Crippen molar-refractivity contribution < 1.29 is 27.9 Å². The highest BCUT2D eigenvalue weighted by molar-refractivity contribution is 5.84. The van der Waals surface area contributed by atoms with Gasteiger partial charge in [-0.15, -0.1) is 0 Å². The molecular formula is C10H13F3N4O3. The molecular weight excluding hydrogens is 281 g/mol. The Balaban J connectivity index is 2.41. The van der Waals surface area contributed by atoms with Gasteiger partial charge < -0.3 is 20.7 Å². The highest BCUT2D eigenvalue weighted by atomic mass is 19.4. The van der Waals surface area contributed by atoms with Crippen molar-refractivity contribution in [1.29, 1.82) is 0 Å². The van der Waals surface area contributed by atoms with Crippen molar-refractivity contribution in [3.8, 4) is 0 Å². The zero-order valence-electron chi connectivity index (χ0n) is 10.2.